The van der Waals surface area contributed by atoms with Gasteiger partial charge in [0.2, 0.25) is 5.91 Å². The minimum atomic E-state index is 0.0105. The summed E-state index contributed by atoms with van der Waals surface area (Å²) >= 11 is 1.66. The normalized spacial score (nSPS) is 11.6. The van der Waals surface area contributed by atoms with Crippen LogP contribution in [0.3, 0.4) is 0 Å². The fraction of sp³-hybridized carbons (Fsp3) is 0.643. The first kappa shape index (κ1) is 17.4. The predicted octanol–water partition coefficient (Wildman–Crippen LogP) is 1.41. The number of nitrogens with one attached hydrogen (secondary N) is 2. The number of hydrogen-bond donors (Lipinski definition) is 2. The summed E-state index contributed by atoms with van der Waals surface area (Å²) in [6.45, 7) is 7.73. The Morgan fingerprint density at radius 3 is 2.67 bits per heavy atom. The van der Waals surface area contributed by atoms with E-state index in [4.69, 9.17) is 0 Å². The van der Waals surface area contributed by atoms with Crippen LogP contribution >= 0.6 is 11.3 Å². The molecule has 21 heavy (non-hydrogen) atoms. The molecular weight excluding hydrogens is 286 g/mol. The molecule has 0 spiro atoms. The molecule has 1 aromatic rings. The van der Waals surface area contributed by atoms with Crippen LogP contribution in [-0.2, 0) is 11.3 Å². The first-order valence-electron chi connectivity index (χ1n) is 7.10. The van der Waals surface area contributed by atoms with E-state index < -0.39 is 0 Å². The Bertz CT molecular complexity index is 481. The van der Waals surface area contributed by atoms with Gasteiger partial charge in [-0.15, -0.1) is 11.3 Å². The molecule has 0 radical (unpaired) electrons. The van der Waals surface area contributed by atoms with Crippen molar-refractivity contribution in [2.75, 3.05) is 27.2 Å². The second kappa shape index (κ2) is 8.61. The molecule has 7 heteroatoms. The first-order valence-corrected chi connectivity index (χ1v) is 7.98. The molecule has 0 aliphatic rings. The summed E-state index contributed by atoms with van der Waals surface area (Å²) in [5.41, 5.74) is 0.958. The summed E-state index contributed by atoms with van der Waals surface area (Å²) in [6.07, 6.45) is 0. The highest BCUT2D eigenvalue weighted by Crippen LogP contribution is 2.19. The standard InChI is InChI=1S/C14H25N5OS/c1-6-15-14(17-8-12(20)19(4)5)16-7-11-9-21-13(18-11)10(2)3/h9-10H,6-8H2,1-5H3,(H2,15,16,17). The molecule has 1 rings (SSSR count). The quantitative estimate of drug-likeness (QED) is 0.615. The van der Waals surface area contributed by atoms with Gasteiger partial charge < -0.3 is 15.5 Å². The summed E-state index contributed by atoms with van der Waals surface area (Å²) in [7, 11) is 3.47. The number of carbonyl (C=O) groups is 1. The molecule has 1 heterocycles. The molecule has 118 valence electrons. The number of guanidine groups is 1. The smallest absolute Gasteiger partial charge is 0.241 e. The van der Waals surface area contributed by atoms with E-state index in [1.165, 1.54) is 0 Å². The van der Waals surface area contributed by atoms with Crippen molar-refractivity contribution in [3.8, 4) is 0 Å². The van der Waals surface area contributed by atoms with Gasteiger partial charge in [0.15, 0.2) is 5.96 Å². The van der Waals surface area contributed by atoms with E-state index in [-0.39, 0.29) is 12.5 Å². The lowest BCUT2D eigenvalue weighted by molar-refractivity contribution is -0.127. The zero-order valence-corrected chi connectivity index (χ0v) is 14.3. The summed E-state index contributed by atoms with van der Waals surface area (Å²) in [5, 5.41) is 9.31. The van der Waals surface area contributed by atoms with Gasteiger partial charge in [-0.2, -0.15) is 0 Å². The van der Waals surface area contributed by atoms with Gasteiger partial charge in [0, 0.05) is 31.9 Å². The number of aliphatic imine (C=N–C) groups is 1. The lowest BCUT2D eigenvalue weighted by atomic mass is 10.2. The number of likely N-dealkylation sites (N-methyl/N-ethyl adjacent to an activating group) is 1. The highest BCUT2D eigenvalue weighted by Gasteiger charge is 2.07. The molecule has 2 N–H and O–H groups in total. The molecule has 0 atom stereocenters. The SMILES string of the molecule is CCNC(=NCc1csc(C(C)C)n1)NCC(=O)N(C)C. The Morgan fingerprint density at radius 2 is 2.14 bits per heavy atom. The van der Waals surface area contributed by atoms with E-state index in [1.54, 1.807) is 30.3 Å². The summed E-state index contributed by atoms with van der Waals surface area (Å²) in [5.74, 6) is 1.08. The minimum absolute atomic E-state index is 0.0105. The van der Waals surface area contributed by atoms with Gasteiger partial charge in [0.1, 0.15) is 0 Å². The average Bonchev–Trinajstić information content (AvgIpc) is 2.90. The van der Waals surface area contributed by atoms with Gasteiger partial charge in [0.05, 0.1) is 23.8 Å². The molecule has 6 nitrogen and oxygen atoms in total. The lowest BCUT2D eigenvalue weighted by Gasteiger charge is -2.13. The monoisotopic (exact) mass is 311 g/mol. The maximum absolute atomic E-state index is 11.6. The Labute approximate surface area is 130 Å². The van der Waals surface area contributed by atoms with Crippen molar-refractivity contribution in [2.24, 2.45) is 4.99 Å². The number of nitrogens with zero attached hydrogens (tertiary/aromatic N) is 3. The minimum Gasteiger partial charge on any atom is -0.357 e. The Kier molecular flexibility index (Phi) is 7.14. The lowest BCUT2D eigenvalue weighted by Crippen LogP contribution is -2.42. The van der Waals surface area contributed by atoms with E-state index in [1.807, 2.05) is 12.3 Å². The van der Waals surface area contributed by atoms with Gasteiger partial charge in [-0.25, -0.2) is 9.98 Å². The maximum Gasteiger partial charge on any atom is 0.241 e. The van der Waals surface area contributed by atoms with E-state index in [2.05, 4.69) is 34.5 Å². The molecule has 0 aliphatic carbocycles. The van der Waals surface area contributed by atoms with Crippen LogP contribution < -0.4 is 10.6 Å². The zero-order chi connectivity index (χ0) is 15.8. The molecule has 0 aromatic carbocycles. The molecule has 0 saturated carbocycles. The van der Waals surface area contributed by atoms with Crippen LogP contribution in [0.5, 0.6) is 0 Å². The largest absolute Gasteiger partial charge is 0.357 e. The Balaban J connectivity index is 2.59. The fourth-order valence-corrected chi connectivity index (χ4v) is 2.31. The molecule has 0 aliphatic heterocycles. The summed E-state index contributed by atoms with van der Waals surface area (Å²) < 4.78 is 0. The van der Waals surface area contributed by atoms with Crippen LogP contribution in [0, 0.1) is 0 Å². The van der Waals surface area contributed by atoms with Crippen LogP contribution in [0.4, 0.5) is 0 Å². The number of aromatic nitrogens is 1. The number of hydrogen-bond acceptors (Lipinski definition) is 4. The molecule has 0 saturated heterocycles. The van der Waals surface area contributed by atoms with Crippen LogP contribution in [-0.4, -0.2) is 48.9 Å². The first-order chi connectivity index (χ1) is 9.93. The maximum atomic E-state index is 11.6. The third kappa shape index (κ3) is 6.12. The Morgan fingerprint density at radius 1 is 1.43 bits per heavy atom. The van der Waals surface area contributed by atoms with Crippen molar-refractivity contribution >= 4 is 23.2 Å². The van der Waals surface area contributed by atoms with Crippen LogP contribution in [0.2, 0.25) is 0 Å². The highest BCUT2D eigenvalue weighted by molar-refractivity contribution is 7.09. The van der Waals surface area contributed by atoms with Gasteiger partial charge in [-0.3, -0.25) is 4.79 Å². The topological polar surface area (TPSA) is 69.6 Å². The second-order valence-corrected chi connectivity index (χ2v) is 6.06. The van der Waals surface area contributed by atoms with Crippen molar-refractivity contribution in [3.05, 3.63) is 16.1 Å². The van der Waals surface area contributed by atoms with Gasteiger partial charge in [0.25, 0.3) is 0 Å². The molecule has 0 bridgehead atoms. The number of thiazole rings is 1. The molecule has 1 aromatic heterocycles. The fourth-order valence-electron chi connectivity index (χ4n) is 1.48. The summed E-state index contributed by atoms with van der Waals surface area (Å²) in [6, 6.07) is 0. The van der Waals surface area contributed by atoms with Crippen molar-refractivity contribution in [1.29, 1.82) is 0 Å². The third-order valence-corrected chi connectivity index (χ3v) is 3.91. The van der Waals surface area contributed by atoms with Gasteiger partial charge in [-0.1, -0.05) is 13.8 Å². The van der Waals surface area contributed by atoms with Crippen molar-refractivity contribution in [1.82, 2.24) is 20.5 Å². The van der Waals surface area contributed by atoms with Crippen LogP contribution in [0.25, 0.3) is 0 Å². The highest BCUT2D eigenvalue weighted by atomic mass is 32.1. The van der Waals surface area contributed by atoms with Crippen molar-refractivity contribution in [2.45, 2.75) is 33.2 Å². The van der Waals surface area contributed by atoms with Crippen LogP contribution in [0.1, 0.15) is 37.4 Å². The third-order valence-electron chi connectivity index (χ3n) is 2.71. The van der Waals surface area contributed by atoms with Crippen molar-refractivity contribution in [3.63, 3.8) is 0 Å². The molecule has 0 unspecified atom stereocenters. The van der Waals surface area contributed by atoms with E-state index in [0.717, 1.165) is 17.2 Å². The van der Waals surface area contributed by atoms with Crippen LogP contribution in [0.15, 0.2) is 10.4 Å². The van der Waals surface area contributed by atoms with Crippen molar-refractivity contribution < 1.29 is 4.79 Å². The molecule has 1 amide bonds. The predicted molar refractivity (Wildman–Crippen MR) is 87.7 cm³/mol. The van der Waals surface area contributed by atoms with Gasteiger partial charge in [-0.05, 0) is 6.92 Å². The average molecular weight is 311 g/mol. The van der Waals surface area contributed by atoms with E-state index in [0.29, 0.717) is 18.4 Å². The number of amides is 1. The number of rotatable bonds is 6. The van der Waals surface area contributed by atoms with Gasteiger partial charge >= 0.3 is 0 Å². The Hall–Kier alpha value is -1.63. The molecular formula is C14H25N5OS. The number of carbonyl (C=O) groups excluding carboxylic acids is 1. The molecule has 0 fully saturated rings. The summed E-state index contributed by atoms with van der Waals surface area (Å²) in [4.78, 5) is 22.1. The second-order valence-electron chi connectivity index (χ2n) is 5.17. The van der Waals surface area contributed by atoms with E-state index in [9.17, 15) is 4.79 Å². The zero-order valence-electron chi connectivity index (χ0n) is 13.4. The van der Waals surface area contributed by atoms with E-state index >= 15 is 0 Å².